The number of amides is 2. The summed E-state index contributed by atoms with van der Waals surface area (Å²) in [7, 11) is 0. The standard InChI is InChI=1S/C21H12BrFN4O2/c1-11-17-18-14(20(28)26(21(18)29)16-5-3-2-4-15(16)23)10-24-19(17)27(25-11)13-8-6-12(22)7-9-13/h2-10H,1H3. The number of rotatable bonds is 2. The lowest BCUT2D eigenvalue weighted by molar-refractivity contribution is 0.0925. The Balaban J connectivity index is 1.73. The smallest absolute Gasteiger partial charge is 0.267 e. The summed E-state index contributed by atoms with van der Waals surface area (Å²) in [6.45, 7) is 1.75. The third-order valence-electron chi connectivity index (χ3n) is 4.89. The van der Waals surface area contributed by atoms with Gasteiger partial charge in [0.2, 0.25) is 0 Å². The second-order valence-corrected chi connectivity index (χ2v) is 7.53. The number of fused-ring (bicyclic) bond motifs is 3. The van der Waals surface area contributed by atoms with Crippen LogP contribution in [0.3, 0.4) is 0 Å². The van der Waals surface area contributed by atoms with Crippen molar-refractivity contribution >= 4 is 44.5 Å². The van der Waals surface area contributed by atoms with Crippen LogP contribution in [-0.4, -0.2) is 26.6 Å². The van der Waals surface area contributed by atoms with Crippen LogP contribution in [0.1, 0.15) is 26.4 Å². The number of benzene rings is 2. The van der Waals surface area contributed by atoms with E-state index in [1.165, 1.54) is 24.4 Å². The van der Waals surface area contributed by atoms with Gasteiger partial charge in [-0.2, -0.15) is 5.10 Å². The maximum absolute atomic E-state index is 14.3. The molecule has 4 aromatic rings. The molecule has 0 atom stereocenters. The van der Waals surface area contributed by atoms with Crippen LogP contribution in [0.5, 0.6) is 0 Å². The molecule has 0 unspecified atom stereocenters. The predicted octanol–water partition coefficient (Wildman–Crippen LogP) is 4.43. The van der Waals surface area contributed by atoms with Crippen LogP contribution >= 0.6 is 15.9 Å². The Morgan fingerprint density at radius 3 is 2.45 bits per heavy atom. The van der Waals surface area contributed by atoms with E-state index in [0.29, 0.717) is 16.7 Å². The molecule has 1 aliphatic heterocycles. The molecule has 8 heteroatoms. The second kappa shape index (κ2) is 6.31. The number of carbonyl (C=O) groups is 2. The number of pyridine rings is 1. The van der Waals surface area contributed by atoms with Gasteiger partial charge in [-0.15, -0.1) is 0 Å². The van der Waals surface area contributed by atoms with E-state index in [4.69, 9.17) is 0 Å². The van der Waals surface area contributed by atoms with Gasteiger partial charge in [-0.1, -0.05) is 28.1 Å². The number of imide groups is 1. The SMILES string of the molecule is Cc1nn(-c2ccc(Br)cc2)c2ncc3c(c12)C(=O)N(c1ccccc1F)C3=O. The fourth-order valence-corrected chi connectivity index (χ4v) is 3.84. The highest BCUT2D eigenvalue weighted by Gasteiger charge is 2.40. The van der Waals surface area contributed by atoms with Gasteiger partial charge in [-0.3, -0.25) is 9.59 Å². The third-order valence-corrected chi connectivity index (χ3v) is 5.41. The monoisotopic (exact) mass is 450 g/mol. The highest BCUT2D eigenvalue weighted by molar-refractivity contribution is 9.10. The van der Waals surface area contributed by atoms with Crippen LogP contribution in [-0.2, 0) is 0 Å². The van der Waals surface area contributed by atoms with Crippen molar-refractivity contribution in [3.8, 4) is 5.69 Å². The molecule has 0 bridgehead atoms. The Labute approximate surface area is 172 Å². The van der Waals surface area contributed by atoms with E-state index in [0.717, 1.165) is 15.1 Å². The molecule has 1 aliphatic rings. The van der Waals surface area contributed by atoms with E-state index < -0.39 is 17.6 Å². The fourth-order valence-electron chi connectivity index (χ4n) is 3.57. The average molecular weight is 451 g/mol. The minimum absolute atomic E-state index is 0.0789. The molecule has 0 radical (unpaired) electrons. The van der Waals surface area contributed by atoms with Crippen molar-refractivity contribution in [2.24, 2.45) is 0 Å². The zero-order valence-electron chi connectivity index (χ0n) is 15.1. The predicted molar refractivity (Wildman–Crippen MR) is 109 cm³/mol. The first kappa shape index (κ1) is 17.7. The lowest BCUT2D eigenvalue weighted by Crippen LogP contribution is -2.30. The molecule has 3 heterocycles. The molecule has 0 spiro atoms. The van der Waals surface area contributed by atoms with Crippen molar-refractivity contribution in [2.75, 3.05) is 4.90 Å². The van der Waals surface area contributed by atoms with E-state index in [-0.39, 0.29) is 16.8 Å². The lowest BCUT2D eigenvalue weighted by atomic mass is 10.1. The number of anilines is 1. The number of nitrogens with zero attached hydrogens (tertiary/aromatic N) is 4. The van der Waals surface area contributed by atoms with Crippen molar-refractivity contribution in [2.45, 2.75) is 6.92 Å². The molecule has 0 saturated heterocycles. The summed E-state index contributed by atoms with van der Waals surface area (Å²) in [5.74, 6) is -1.82. The third kappa shape index (κ3) is 2.52. The van der Waals surface area contributed by atoms with Gasteiger partial charge in [0.25, 0.3) is 11.8 Å². The topological polar surface area (TPSA) is 68.1 Å². The number of para-hydroxylation sites is 1. The largest absolute Gasteiger partial charge is 0.268 e. The van der Waals surface area contributed by atoms with Gasteiger partial charge in [0.15, 0.2) is 5.65 Å². The minimum atomic E-state index is -0.645. The summed E-state index contributed by atoms with van der Waals surface area (Å²) in [6, 6.07) is 13.2. The number of hydrogen-bond acceptors (Lipinski definition) is 4. The van der Waals surface area contributed by atoms with Crippen molar-refractivity contribution in [1.82, 2.24) is 14.8 Å². The highest BCUT2D eigenvalue weighted by atomic mass is 79.9. The Morgan fingerprint density at radius 1 is 1.00 bits per heavy atom. The second-order valence-electron chi connectivity index (χ2n) is 6.62. The highest BCUT2D eigenvalue weighted by Crippen LogP contribution is 2.35. The number of aromatic nitrogens is 3. The molecule has 0 N–H and O–H groups in total. The molecular weight excluding hydrogens is 439 g/mol. The van der Waals surface area contributed by atoms with Crippen molar-refractivity contribution in [3.05, 3.63) is 81.8 Å². The van der Waals surface area contributed by atoms with E-state index in [9.17, 15) is 14.0 Å². The van der Waals surface area contributed by atoms with Crippen LogP contribution in [0.15, 0.2) is 59.2 Å². The number of hydrogen-bond donors (Lipinski definition) is 0. The van der Waals surface area contributed by atoms with Gasteiger partial charge in [0.05, 0.1) is 33.6 Å². The Hall–Kier alpha value is -3.39. The lowest BCUT2D eigenvalue weighted by Gasteiger charge is -2.14. The summed E-state index contributed by atoms with van der Waals surface area (Å²) >= 11 is 3.40. The Kier molecular flexibility index (Phi) is 3.85. The van der Waals surface area contributed by atoms with Gasteiger partial charge >= 0.3 is 0 Å². The molecule has 0 saturated carbocycles. The molecular formula is C21H12BrFN4O2. The molecule has 0 aliphatic carbocycles. The molecule has 5 rings (SSSR count). The summed E-state index contributed by atoms with van der Waals surface area (Å²) in [5.41, 5.74) is 2.04. The average Bonchev–Trinajstić information content (AvgIpc) is 3.18. The molecule has 6 nitrogen and oxygen atoms in total. The molecule has 2 amide bonds. The minimum Gasteiger partial charge on any atom is -0.268 e. The van der Waals surface area contributed by atoms with Crippen LogP contribution in [0.4, 0.5) is 10.1 Å². The van der Waals surface area contributed by atoms with E-state index in [2.05, 4.69) is 26.0 Å². The van der Waals surface area contributed by atoms with Gasteiger partial charge in [0, 0.05) is 10.7 Å². The van der Waals surface area contributed by atoms with E-state index in [1.54, 1.807) is 17.7 Å². The summed E-state index contributed by atoms with van der Waals surface area (Å²) in [4.78, 5) is 31.3. The summed E-state index contributed by atoms with van der Waals surface area (Å²) < 4.78 is 16.8. The molecule has 0 fully saturated rings. The molecule has 2 aromatic heterocycles. The number of halogens is 2. The van der Waals surface area contributed by atoms with Crippen molar-refractivity contribution in [3.63, 3.8) is 0 Å². The van der Waals surface area contributed by atoms with Crippen LogP contribution in [0, 0.1) is 12.7 Å². The quantitative estimate of drug-likeness (QED) is 0.423. The van der Waals surface area contributed by atoms with Gasteiger partial charge in [0.1, 0.15) is 5.82 Å². The van der Waals surface area contributed by atoms with Gasteiger partial charge in [-0.05, 0) is 43.3 Å². The van der Waals surface area contributed by atoms with E-state index >= 15 is 0 Å². The van der Waals surface area contributed by atoms with Crippen LogP contribution < -0.4 is 4.90 Å². The van der Waals surface area contributed by atoms with Gasteiger partial charge < -0.3 is 0 Å². The summed E-state index contributed by atoms with van der Waals surface area (Å²) in [6.07, 6.45) is 1.36. The van der Waals surface area contributed by atoms with Gasteiger partial charge in [-0.25, -0.2) is 19.0 Å². The van der Waals surface area contributed by atoms with E-state index in [1.807, 2.05) is 24.3 Å². The number of aryl methyl sites for hydroxylation is 1. The zero-order chi connectivity index (χ0) is 20.3. The fraction of sp³-hybridized carbons (Fsp3) is 0.0476. The maximum Gasteiger partial charge on any atom is 0.267 e. The number of carbonyl (C=O) groups excluding carboxylic acids is 2. The van der Waals surface area contributed by atoms with Crippen LogP contribution in [0.2, 0.25) is 0 Å². The van der Waals surface area contributed by atoms with Crippen LogP contribution in [0.25, 0.3) is 16.7 Å². The Morgan fingerprint density at radius 2 is 1.72 bits per heavy atom. The van der Waals surface area contributed by atoms with Crippen molar-refractivity contribution < 1.29 is 14.0 Å². The molecule has 142 valence electrons. The zero-order valence-corrected chi connectivity index (χ0v) is 16.6. The molecule has 29 heavy (non-hydrogen) atoms. The first-order chi connectivity index (χ1) is 14.0. The first-order valence-corrected chi connectivity index (χ1v) is 9.54. The first-order valence-electron chi connectivity index (χ1n) is 8.75. The summed E-state index contributed by atoms with van der Waals surface area (Å²) in [5, 5.41) is 5.01. The normalized spacial score (nSPS) is 13.4. The van der Waals surface area contributed by atoms with Crippen molar-refractivity contribution in [1.29, 1.82) is 0 Å². The molecule has 2 aromatic carbocycles. The Bertz CT molecular complexity index is 1330. The maximum atomic E-state index is 14.3.